The van der Waals surface area contributed by atoms with Gasteiger partial charge < -0.3 is 14.2 Å². The van der Waals surface area contributed by atoms with Crippen molar-refractivity contribution in [2.75, 3.05) is 13.2 Å². The van der Waals surface area contributed by atoms with Crippen molar-refractivity contribution in [3.05, 3.63) is 146 Å². The number of rotatable bonds is 45. The summed E-state index contributed by atoms with van der Waals surface area (Å²) in [6.45, 7) is 6.29. The first-order chi connectivity index (χ1) is 33.0. The van der Waals surface area contributed by atoms with Crippen LogP contribution in [-0.4, -0.2) is 37.2 Å². The van der Waals surface area contributed by atoms with E-state index in [4.69, 9.17) is 14.2 Å². The van der Waals surface area contributed by atoms with E-state index in [1.807, 2.05) is 72.9 Å². The van der Waals surface area contributed by atoms with E-state index >= 15 is 0 Å². The van der Waals surface area contributed by atoms with Crippen molar-refractivity contribution in [3.8, 4) is 0 Å². The van der Waals surface area contributed by atoms with Crippen LogP contribution in [0.3, 0.4) is 0 Å². The summed E-state index contributed by atoms with van der Waals surface area (Å²) in [7, 11) is 0. The van der Waals surface area contributed by atoms with Crippen molar-refractivity contribution in [3.63, 3.8) is 0 Å². The first-order valence-corrected chi connectivity index (χ1v) is 26.5. The minimum atomic E-state index is -0.823. The van der Waals surface area contributed by atoms with Crippen molar-refractivity contribution in [1.82, 2.24) is 0 Å². The molecular weight excluding hydrogens is 829 g/mol. The Morgan fingerprint density at radius 1 is 0.313 bits per heavy atom. The third-order valence-corrected chi connectivity index (χ3v) is 10.6. The highest BCUT2D eigenvalue weighted by molar-refractivity contribution is 5.71. The van der Waals surface area contributed by atoms with Crippen LogP contribution in [0.2, 0.25) is 0 Å². The number of esters is 3. The Balaban J connectivity index is 4.57. The fraction of sp³-hybridized carbons (Fsp3) is 0.557. The SMILES string of the molecule is CC\C=C/C=C\C=C/C=C\CCCCCC(=O)OCC(COC(=O)CCCCCCC\C=C/C=C\C=C/C=C\C=C/CCC)OC(=O)CCCCCCC\C=C/C=C\C=C/CCCCCCC. The summed E-state index contributed by atoms with van der Waals surface area (Å²) in [4.78, 5) is 38.0. The topological polar surface area (TPSA) is 78.9 Å². The highest BCUT2D eigenvalue weighted by Crippen LogP contribution is 2.12. The van der Waals surface area contributed by atoms with Gasteiger partial charge in [0.1, 0.15) is 13.2 Å². The lowest BCUT2D eigenvalue weighted by Gasteiger charge is -2.18. The van der Waals surface area contributed by atoms with E-state index in [0.29, 0.717) is 12.8 Å². The molecule has 0 aliphatic carbocycles. The van der Waals surface area contributed by atoms with Gasteiger partial charge in [0.25, 0.3) is 0 Å². The highest BCUT2D eigenvalue weighted by Gasteiger charge is 2.19. The third-order valence-electron chi connectivity index (χ3n) is 10.6. The van der Waals surface area contributed by atoms with Gasteiger partial charge in [0.05, 0.1) is 0 Å². The molecule has 0 radical (unpaired) electrons. The van der Waals surface area contributed by atoms with Gasteiger partial charge in [0, 0.05) is 19.3 Å². The molecule has 0 aromatic rings. The second-order valence-electron chi connectivity index (χ2n) is 17.0. The minimum absolute atomic E-state index is 0.119. The largest absolute Gasteiger partial charge is 0.462 e. The molecule has 67 heavy (non-hydrogen) atoms. The molecule has 374 valence electrons. The molecule has 0 saturated heterocycles. The van der Waals surface area contributed by atoms with E-state index < -0.39 is 6.10 Å². The third kappa shape index (κ3) is 52.1. The zero-order valence-electron chi connectivity index (χ0n) is 42.6. The molecule has 0 aliphatic heterocycles. The van der Waals surface area contributed by atoms with Gasteiger partial charge >= 0.3 is 17.9 Å². The Morgan fingerprint density at radius 3 is 0.985 bits per heavy atom. The molecule has 6 heteroatoms. The number of carbonyl (C=O) groups excluding carboxylic acids is 3. The summed E-state index contributed by atoms with van der Waals surface area (Å²) in [5.74, 6) is -1.01. The summed E-state index contributed by atoms with van der Waals surface area (Å²) >= 11 is 0. The molecular formula is C61H94O6. The van der Waals surface area contributed by atoms with Crippen molar-refractivity contribution >= 4 is 17.9 Å². The zero-order chi connectivity index (χ0) is 48.6. The second-order valence-corrected chi connectivity index (χ2v) is 17.0. The van der Waals surface area contributed by atoms with Crippen LogP contribution in [0.1, 0.15) is 201 Å². The van der Waals surface area contributed by atoms with Gasteiger partial charge in [0.2, 0.25) is 0 Å². The van der Waals surface area contributed by atoms with Gasteiger partial charge in [-0.15, -0.1) is 0 Å². The molecule has 0 amide bonds. The Labute approximate surface area is 410 Å². The molecule has 6 nitrogen and oxygen atoms in total. The van der Waals surface area contributed by atoms with Gasteiger partial charge in [-0.1, -0.05) is 244 Å². The molecule has 0 aliphatic rings. The predicted molar refractivity (Wildman–Crippen MR) is 288 cm³/mol. The van der Waals surface area contributed by atoms with Gasteiger partial charge in [-0.25, -0.2) is 0 Å². The lowest BCUT2D eigenvalue weighted by Crippen LogP contribution is -2.30. The lowest BCUT2D eigenvalue weighted by molar-refractivity contribution is -0.167. The average Bonchev–Trinajstić information content (AvgIpc) is 3.33. The Bertz CT molecular complexity index is 1530. The number of carbonyl (C=O) groups is 3. The smallest absolute Gasteiger partial charge is 0.306 e. The molecule has 0 N–H and O–H groups in total. The average molecular weight is 923 g/mol. The monoisotopic (exact) mass is 923 g/mol. The lowest BCUT2D eigenvalue weighted by atomic mass is 10.1. The van der Waals surface area contributed by atoms with Crippen LogP contribution in [0.25, 0.3) is 0 Å². The van der Waals surface area contributed by atoms with E-state index in [2.05, 4.69) is 93.7 Å². The number of hydrogen-bond donors (Lipinski definition) is 0. The molecule has 1 atom stereocenters. The first kappa shape index (κ1) is 62.3. The molecule has 0 heterocycles. The second kappa shape index (κ2) is 53.9. The molecule has 0 saturated carbocycles. The van der Waals surface area contributed by atoms with Gasteiger partial charge in [-0.05, 0) is 83.5 Å². The molecule has 0 aromatic heterocycles. The molecule has 0 spiro atoms. The molecule has 0 rings (SSSR count). The van der Waals surface area contributed by atoms with E-state index in [-0.39, 0.29) is 37.5 Å². The number of ether oxygens (including phenoxy) is 3. The van der Waals surface area contributed by atoms with Crippen LogP contribution in [0.4, 0.5) is 0 Å². The van der Waals surface area contributed by atoms with E-state index in [1.165, 1.54) is 38.5 Å². The van der Waals surface area contributed by atoms with Crippen LogP contribution in [0.15, 0.2) is 146 Å². The maximum Gasteiger partial charge on any atom is 0.306 e. The Hall–Kier alpha value is -4.71. The van der Waals surface area contributed by atoms with Gasteiger partial charge in [-0.3, -0.25) is 14.4 Å². The highest BCUT2D eigenvalue weighted by atomic mass is 16.6. The number of hydrogen-bond acceptors (Lipinski definition) is 6. The van der Waals surface area contributed by atoms with E-state index in [1.54, 1.807) is 0 Å². The number of allylic oxidation sites excluding steroid dienone is 24. The Kier molecular flexibility index (Phi) is 50.1. The van der Waals surface area contributed by atoms with Crippen LogP contribution in [-0.2, 0) is 28.6 Å². The first-order valence-electron chi connectivity index (χ1n) is 26.5. The summed E-state index contributed by atoms with van der Waals surface area (Å²) in [6.07, 6.45) is 76.8. The zero-order valence-corrected chi connectivity index (χ0v) is 42.6. The fourth-order valence-electron chi connectivity index (χ4n) is 6.60. The standard InChI is InChI=1S/C61H94O6/c1-4-7-10-13-16-19-22-25-27-29-31-33-36-39-42-45-48-51-54-60(63)66-57-58(56-65-59(62)53-50-47-44-41-38-35-24-21-18-15-12-9-6-3)67-61(64)55-52-49-46-43-40-37-34-32-30-28-26-23-20-17-14-11-8-5-2/h9-10,12-13,15-16,18-19,21-35,38,58H,4-8,11,14,17,20,36-37,39-57H2,1-3H3/b12-9-,13-10-,18-15-,19-16-,24-21-,25-22-,26-23-,29-27-,30-28-,33-31-,34-32-,38-35-. The summed E-state index contributed by atoms with van der Waals surface area (Å²) in [5, 5.41) is 0. The van der Waals surface area contributed by atoms with E-state index in [9.17, 15) is 14.4 Å². The van der Waals surface area contributed by atoms with Crippen LogP contribution in [0, 0.1) is 0 Å². The van der Waals surface area contributed by atoms with Gasteiger partial charge in [-0.2, -0.15) is 0 Å². The molecule has 0 aromatic carbocycles. The van der Waals surface area contributed by atoms with Gasteiger partial charge in [0.15, 0.2) is 6.10 Å². The van der Waals surface area contributed by atoms with Crippen LogP contribution in [0.5, 0.6) is 0 Å². The molecule has 1 unspecified atom stereocenters. The van der Waals surface area contributed by atoms with Crippen LogP contribution >= 0.6 is 0 Å². The minimum Gasteiger partial charge on any atom is -0.462 e. The fourth-order valence-corrected chi connectivity index (χ4v) is 6.60. The quantitative estimate of drug-likeness (QED) is 0.0262. The normalized spacial score (nSPS) is 13.3. The Morgan fingerprint density at radius 2 is 0.612 bits per heavy atom. The number of unbranched alkanes of at least 4 members (excludes halogenated alkanes) is 19. The maximum atomic E-state index is 12.8. The van der Waals surface area contributed by atoms with Crippen molar-refractivity contribution in [2.45, 2.75) is 207 Å². The summed E-state index contributed by atoms with van der Waals surface area (Å²) in [6, 6.07) is 0. The van der Waals surface area contributed by atoms with E-state index in [0.717, 1.165) is 122 Å². The summed E-state index contributed by atoms with van der Waals surface area (Å²) < 4.78 is 16.7. The van der Waals surface area contributed by atoms with Crippen LogP contribution < -0.4 is 0 Å². The van der Waals surface area contributed by atoms with Crippen molar-refractivity contribution < 1.29 is 28.6 Å². The van der Waals surface area contributed by atoms with Crippen molar-refractivity contribution in [1.29, 1.82) is 0 Å². The summed E-state index contributed by atoms with van der Waals surface area (Å²) in [5.41, 5.74) is 0. The van der Waals surface area contributed by atoms with Crippen molar-refractivity contribution in [2.24, 2.45) is 0 Å². The molecule has 0 fully saturated rings. The maximum absolute atomic E-state index is 12.8. The predicted octanol–water partition coefficient (Wildman–Crippen LogP) is 17.6. The molecule has 0 bridgehead atoms.